The highest BCUT2D eigenvalue weighted by molar-refractivity contribution is 5.92. The molecule has 7 nitrogen and oxygen atoms in total. The lowest BCUT2D eigenvalue weighted by Gasteiger charge is -2.18. The Labute approximate surface area is 145 Å². The van der Waals surface area contributed by atoms with Gasteiger partial charge in [0.1, 0.15) is 18.8 Å². The summed E-state index contributed by atoms with van der Waals surface area (Å²) in [5, 5.41) is 22.4. The molecule has 7 heteroatoms. The van der Waals surface area contributed by atoms with E-state index < -0.39 is 24.2 Å². The molecule has 2 rings (SSSR count). The number of benzene rings is 2. The van der Waals surface area contributed by atoms with Crippen molar-refractivity contribution in [2.45, 2.75) is 18.8 Å². The fourth-order valence-electron chi connectivity index (χ4n) is 2.14. The first-order valence-corrected chi connectivity index (χ1v) is 7.68. The van der Waals surface area contributed by atoms with E-state index in [1.807, 2.05) is 30.3 Å². The van der Waals surface area contributed by atoms with E-state index in [1.165, 1.54) is 24.3 Å². The molecule has 0 aliphatic rings. The number of aliphatic hydroxyl groups excluding tert-OH is 2. The topological polar surface area (TPSA) is 122 Å². The third-order valence-corrected chi connectivity index (χ3v) is 3.57. The van der Waals surface area contributed by atoms with E-state index in [4.69, 9.17) is 10.5 Å². The van der Waals surface area contributed by atoms with Gasteiger partial charge in [0, 0.05) is 12.1 Å². The first-order chi connectivity index (χ1) is 12.0. The Morgan fingerprint density at radius 3 is 2.28 bits per heavy atom. The molecule has 0 aromatic heterocycles. The Morgan fingerprint density at radius 1 is 1.04 bits per heavy atom. The molecule has 2 atom stereocenters. The lowest BCUT2D eigenvalue weighted by molar-refractivity contribution is 0.0184. The van der Waals surface area contributed by atoms with Gasteiger partial charge in [0.05, 0.1) is 0 Å². The van der Waals surface area contributed by atoms with Crippen LogP contribution >= 0.6 is 0 Å². The number of carbonyl (C=O) groups excluding carboxylic acids is 2. The van der Waals surface area contributed by atoms with E-state index in [1.54, 1.807) is 0 Å². The summed E-state index contributed by atoms with van der Waals surface area (Å²) >= 11 is 0. The highest BCUT2D eigenvalue weighted by atomic mass is 16.5. The van der Waals surface area contributed by atoms with Gasteiger partial charge < -0.3 is 26.0 Å². The van der Waals surface area contributed by atoms with E-state index in [0.29, 0.717) is 11.1 Å². The molecule has 2 amide bonds. The van der Waals surface area contributed by atoms with E-state index in [0.717, 1.165) is 5.56 Å². The van der Waals surface area contributed by atoms with Gasteiger partial charge in [0.15, 0.2) is 0 Å². The number of alkyl carbamates (subject to hydrolysis) is 1. The maximum Gasteiger partial charge on any atom is 0.407 e. The molecule has 2 unspecified atom stereocenters. The van der Waals surface area contributed by atoms with Gasteiger partial charge in [-0.2, -0.15) is 0 Å². The monoisotopic (exact) mass is 344 g/mol. The minimum atomic E-state index is -1.23. The van der Waals surface area contributed by atoms with Crippen molar-refractivity contribution in [1.29, 1.82) is 0 Å². The van der Waals surface area contributed by atoms with Crippen molar-refractivity contribution in [3.8, 4) is 0 Å². The summed E-state index contributed by atoms with van der Waals surface area (Å²) in [7, 11) is 0. The predicted octanol–water partition coefficient (Wildman–Crippen LogP) is 1.11. The van der Waals surface area contributed by atoms with Gasteiger partial charge in [-0.05, 0) is 23.3 Å². The van der Waals surface area contributed by atoms with Crippen molar-refractivity contribution < 1.29 is 24.5 Å². The first kappa shape index (κ1) is 18.4. The maximum absolute atomic E-state index is 11.6. The number of hydrogen-bond acceptors (Lipinski definition) is 5. The first-order valence-electron chi connectivity index (χ1n) is 7.68. The fraction of sp³-hybridized carbons (Fsp3) is 0.222. The van der Waals surface area contributed by atoms with Gasteiger partial charge in [-0.15, -0.1) is 0 Å². The zero-order valence-corrected chi connectivity index (χ0v) is 13.5. The molecule has 0 aliphatic carbocycles. The second-order valence-electron chi connectivity index (χ2n) is 5.44. The second kappa shape index (κ2) is 8.81. The van der Waals surface area contributed by atoms with Gasteiger partial charge in [0.25, 0.3) is 0 Å². The van der Waals surface area contributed by atoms with Crippen LogP contribution in [0, 0.1) is 0 Å². The predicted molar refractivity (Wildman–Crippen MR) is 90.6 cm³/mol. The van der Waals surface area contributed by atoms with Crippen molar-refractivity contribution in [3.63, 3.8) is 0 Å². The van der Waals surface area contributed by atoms with Crippen molar-refractivity contribution in [3.05, 3.63) is 71.3 Å². The zero-order chi connectivity index (χ0) is 18.2. The van der Waals surface area contributed by atoms with Gasteiger partial charge in [0.2, 0.25) is 5.91 Å². The maximum atomic E-state index is 11.6. The lowest BCUT2D eigenvalue weighted by atomic mass is 10.0. The average molecular weight is 344 g/mol. The number of primary amides is 1. The van der Waals surface area contributed by atoms with E-state index in [2.05, 4.69) is 5.32 Å². The summed E-state index contributed by atoms with van der Waals surface area (Å²) < 4.78 is 5.01. The minimum Gasteiger partial charge on any atom is -0.445 e. The van der Waals surface area contributed by atoms with Crippen LogP contribution in [0.25, 0.3) is 0 Å². The number of rotatable bonds is 7. The third-order valence-electron chi connectivity index (χ3n) is 3.57. The Morgan fingerprint density at radius 2 is 1.68 bits per heavy atom. The molecule has 0 saturated carbocycles. The largest absolute Gasteiger partial charge is 0.445 e. The fourth-order valence-corrected chi connectivity index (χ4v) is 2.14. The van der Waals surface area contributed by atoms with Crippen LogP contribution < -0.4 is 11.1 Å². The molecule has 2 aromatic carbocycles. The number of nitrogens with one attached hydrogen (secondary N) is 1. The van der Waals surface area contributed by atoms with Crippen LogP contribution in [-0.4, -0.2) is 34.9 Å². The highest BCUT2D eigenvalue weighted by Crippen LogP contribution is 2.17. The van der Waals surface area contributed by atoms with Gasteiger partial charge in [-0.25, -0.2) is 4.79 Å². The average Bonchev–Trinajstić information content (AvgIpc) is 2.64. The number of carbonyl (C=O) groups is 2. The van der Waals surface area contributed by atoms with Crippen LogP contribution in [0.3, 0.4) is 0 Å². The van der Waals surface area contributed by atoms with Crippen molar-refractivity contribution in [1.82, 2.24) is 5.32 Å². The summed E-state index contributed by atoms with van der Waals surface area (Å²) in [4.78, 5) is 22.6. The second-order valence-corrected chi connectivity index (χ2v) is 5.44. The molecule has 0 spiro atoms. The van der Waals surface area contributed by atoms with Gasteiger partial charge in [-0.1, -0.05) is 42.5 Å². The van der Waals surface area contributed by atoms with Crippen molar-refractivity contribution in [2.24, 2.45) is 5.73 Å². The number of amides is 2. The van der Waals surface area contributed by atoms with E-state index >= 15 is 0 Å². The molecule has 0 radical (unpaired) electrons. The van der Waals surface area contributed by atoms with Crippen molar-refractivity contribution in [2.75, 3.05) is 6.54 Å². The minimum absolute atomic E-state index is 0.111. The van der Waals surface area contributed by atoms with E-state index in [-0.39, 0.29) is 13.2 Å². The van der Waals surface area contributed by atoms with Crippen molar-refractivity contribution >= 4 is 12.0 Å². The lowest BCUT2D eigenvalue weighted by Crippen LogP contribution is -2.35. The number of aliphatic hydroxyl groups is 2. The number of nitrogens with two attached hydrogens (primary N) is 1. The van der Waals surface area contributed by atoms with Crippen LogP contribution in [0.15, 0.2) is 54.6 Å². The Kier molecular flexibility index (Phi) is 6.50. The molecule has 0 fully saturated rings. The van der Waals surface area contributed by atoms with Gasteiger partial charge in [-0.3, -0.25) is 4.79 Å². The number of hydrogen-bond donors (Lipinski definition) is 4. The van der Waals surface area contributed by atoms with E-state index in [9.17, 15) is 19.8 Å². The summed E-state index contributed by atoms with van der Waals surface area (Å²) in [6.45, 7) is -0.0771. The molecular formula is C18H20N2O5. The van der Waals surface area contributed by atoms with Crippen LogP contribution in [-0.2, 0) is 11.3 Å². The molecular weight excluding hydrogens is 324 g/mol. The molecule has 0 aliphatic heterocycles. The highest BCUT2D eigenvalue weighted by Gasteiger charge is 2.19. The molecule has 0 bridgehead atoms. The summed E-state index contributed by atoms with van der Waals surface area (Å²) in [5.74, 6) is -0.579. The Balaban J connectivity index is 1.79. The Hall–Kier alpha value is -2.90. The smallest absolute Gasteiger partial charge is 0.407 e. The standard InChI is InChI=1S/C18H20N2O5/c19-17(23)14-8-6-13(7-9-14)16(22)15(21)10-20-18(24)25-11-12-4-2-1-3-5-12/h1-9,15-16,21-22H,10-11H2,(H2,19,23)(H,20,24). The third kappa shape index (κ3) is 5.59. The summed E-state index contributed by atoms with van der Waals surface area (Å²) in [6, 6.07) is 15.1. The molecule has 25 heavy (non-hydrogen) atoms. The molecule has 0 heterocycles. The van der Waals surface area contributed by atoms with Crippen LogP contribution in [0.4, 0.5) is 4.79 Å². The molecule has 5 N–H and O–H groups in total. The van der Waals surface area contributed by atoms with Gasteiger partial charge >= 0.3 is 6.09 Å². The molecule has 0 saturated heterocycles. The SMILES string of the molecule is NC(=O)c1ccc(C(O)C(O)CNC(=O)OCc2ccccc2)cc1. The normalized spacial score (nSPS) is 12.9. The van der Waals surface area contributed by atoms with Crippen LogP contribution in [0.2, 0.25) is 0 Å². The zero-order valence-electron chi connectivity index (χ0n) is 13.5. The molecule has 2 aromatic rings. The summed E-state index contributed by atoms with van der Waals surface area (Å²) in [6.07, 6.45) is -3.15. The number of ether oxygens (including phenoxy) is 1. The quantitative estimate of drug-likeness (QED) is 0.599. The summed E-state index contributed by atoms with van der Waals surface area (Å²) in [5.41, 5.74) is 6.68. The Bertz CT molecular complexity index is 703. The molecule has 132 valence electrons. The van der Waals surface area contributed by atoms with Crippen LogP contribution in [0.1, 0.15) is 27.6 Å². The van der Waals surface area contributed by atoms with Crippen LogP contribution in [0.5, 0.6) is 0 Å².